The summed E-state index contributed by atoms with van der Waals surface area (Å²) in [7, 11) is 0. The van der Waals surface area contributed by atoms with Crippen molar-refractivity contribution in [3.8, 4) is 0 Å². The van der Waals surface area contributed by atoms with Crippen molar-refractivity contribution < 1.29 is 18.0 Å². The second-order valence-electron chi connectivity index (χ2n) is 5.35. The van der Waals surface area contributed by atoms with Crippen LogP contribution in [0.4, 0.5) is 19.0 Å². The van der Waals surface area contributed by atoms with Crippen LogP contribution in [0.1, 0.15) is 24.8 Å². The van der Waals surface area contributed by atoms with Gasteiger partial charge >= 0.3 is 6.18 Å². The molecule has 1 aromatic heterocycles. The molecule has 2 rings (SSSR count). The molecule has 2 heterocycles. The molecule has 0 aliphatic carbocycles. The van der Waals surface area contributed by atoms with Crippen LogP contribution in [0.3, 0.4) is 0 Å². The number of rotatable bonds is 5. The number of anilines is 1. The van der Waals surface area contributed by atoms with E-state index < -0.39 is 11.7 Å². The predicted octanol–water partition coefficient (Wildman–Crippen LogP) is 2.51. The Labute approximate surface area is 137 Å². The molecule has 1 saturated heterocycles. The molecule has 9 heteroatoms. The summed E-state index contributed by atoms with van der Waals surface area (Å²) in [5.41, 5.74) is 4.71. The number of hydrogen-bond donors (Lipinski definition) is 2. The standard InChI is InChI=1S/C14H18ClF3N4O/c15-11-6-9(14(16,17)18)8-21-13(11)20-4-3-12(23)22-5-1-2-10(22)7-19/h6,8,10H,1-5,7,19H2,(H,20,21)/t10-/m1/s1. The Hall–Kier alpha value is -1.54. The molecule has 1 fully saturated rings. The maximum absolute atomic E-state index is 12.5. The molecule has 1 aromatic rings. The molecule has 0 saturated carbocycles. The van der Waals surface area contributed by atoms with Crippen LogP contribution < -0.4 is 11.1 Å². The highest BCUT2D eigenvalue weighted by atomic mass is 35.5. The summed E-state index contributed by atoms with van der Waals surface area (Å²) in [6, 6.07) is 0.888. The van der Waals surface area contributed by atoms with Gasteiger partial charge < -0.3 is 16.0 Å². The largest absolute Gasteiger partial charge is 0.417 e. The van der Waals surface area contributed by atoms with Gasteiger partial charge in [0.15, 0.2) is 0 Å². The molecule has 1 amide bonds. The number of carbonyl (C=O) groups is 1. The summed E-state index contributed by atoms with van der Waals surface area (Å²) in [5.74, 6) is 0.0951. The highest BCUT2D eigenvalue weighted by Crippen LogP contribution is 2.32. The molecule has 5 nitrogen and oxygen atoms in total. The molecular weight excluding hydrogens is 333 g/mol. The number of likely N-dealkylation sites (tertiary alicyclic amines) is 1. The highest BCUT2D eigenvalue weighted by molar-refractivity contribution is 6.32. The molecule has 1 aliphatic rings. The first kappa shape index (κ1) is 17.8. The number of carbonyl (C=O) groups excluding carboxylic acids is 1. The second kappa shape index (κ2) is 7.35. The van der Waals surface area contributed by atoms with Crippen LogP contribution in [-0.4, -0.2) is 41.5 Å². The molecule has 1 aliphatic heterocycles. The summed E-state index contributed by atoms with van der Waals surface area (Å²) in [6.07, 6.45) is -1.73. The number of hydrogen-bond acceptors (Lipinski definition) is 4. The monoisotopic (exact) mass is 350 g/mol. The first-order valence-electron chi connectivity index (χ1n) is 7.29. The molecule has 1 atom stereocenters. The number of pyridine rings is 1. The third-order valence-corrected chi connectivity index (χ3v) is 4.06. The summed E-state index contributed by atoms with van der Waals surface area (Å²) in [4.78, 5) is 17.5. The first-order chi connectivity index (χ1) is 10.8. The Morgan fingerprint density at radius 3 is 2.87 bits per heavy atom. The van der Waals surface area contributed by atoms with E-state index >= 15 is 0 Å². The van der Waals surface area contributed by atoms with E-state index in [1.807, 2.05) is 0 Å². The zero-order valence-electron chi connectivity index (χ0n) is 12.4. The Morgan fingerprint density at radius 2 is 2.26 bits per heavy atom. The first-order valence-corrected chi connectivity index (χ1v) is 7.67. The average Bonchev–Trinajstić information content (AvgIpc) is 2.96. The Balaban J connectivity index is 1.88. The fourth-order valence-corrected chi connectivity index (χ4v) is 2.80. The van der Waals surface area contributed by atoms with Crippen molar-refractivity contribution in [2.45, 2.75) is 31.5 Å². The van der Waals surface area contributed by atoms with Crippen molar-refractivity contribution >= 4 is 23.3 Å². The van der Waals surface area contributed by atoms with Gasteiger partial charge in [-0.25, -0.2) is 4.98 Å². The van der Waals surface area contributed by atoms with Crippen LogP contribution in [-0.2, 0) is 11.0 Å². The van der Waals surface area contributed by atoms with E-state index in [-0.39, 0.29) is 35.8 Å². The van der Waals surface area contributed by atoms with E-state index in [9.17, 15) is 18.0 Å². The quantitative estimate of drug-likeness (QED) is 0.856. The number of nitrogens with zero attached hydrogens (tertiary/aromatic N) is 2. The van der Waals surface area contributed by atoms with Crippen LogP contribution in [0.15, 0.2) is 12.3 Å². The van der Waals surface area contributed by atoms with Gasteiger partial charge in [0.05, 0.1) is 10.6 Å². The fraction of sp³-hybridized carbons (Fsp3) is 0.571. The van der Waals surface area contributed by atoms with Crippen molar-refractivity contribution in [2.24, 2.45) is 5.73 Å². The van der Waals surface area contributed by atoms with E-state index in [1.54, 1.807) is 4.90 Å². The third kappa shape index (κ3) is 4.48. The highest BCUT2D eigenvalue weighted by Gasteiger charge is 2.31. The van der Waals surface area contributed by atoms with Gasteiger partial charge in [0, 0.05) is 38.3 Å². The molecule has 0 aromatic carbocycles. The maximum Gasteiger partial charge on any atom is 0.417 e. The van der Waals surface area contributed by atoms with Gasteiger partial charge in [-0.15, -0.1) is 0 Å². The molecule has 0 unspecified atom stereocenters. The maximum atomic E-state index is 12.5. The number of aromatic nitrogens is 1. The van der Waals surface area contributed by atoms with E-state index in [1.165, 1.54) is 0 Å². The number of nitrogens with two attached hydrogens (primary N) is 1. The number of amides is 1. The van der Waals surface area contributed by atoms with E-state index in [0.29, 0.717) is 19.3 Å². The van der Waals surface area contributed by atoms with Gasteiger partial charge in [-0.2, -0.15) is 13.2 Å². The number of alkyl halides is 3. The van der Waals surface area contributed by atoms with Gasteiger partial charge in [-0.3, -0.25) is 4.79 Å². The van der Waals surface area contributed by atoms with Crippen LogP contribution in [0, 0.1) is 0 Å². The second-order valence-corrected chi connectivity index (χ2v) is 5.76. The van der Waals surface area contributed by atoms with Crippen molar-refractivity contribution in [1.29, 1.82) is 0 Å². The van der Waals surface area contributed by atoms with Crippen molar-refractivity contribution in [3.05, 3.63) is 22.8 Å². The van der Waals surface area contributed by atoms with Crippen LogP contribution >= 0.6 is 11.6 Å². The van der Waals surface area contributed by atoms with Crippen LogP contribution in [0.2, 0.25) is 5.02 Å². The normalized spacial score (nSPS) is 18.3. The smallest absolute Gasteiger partial charge is 0.368 e. The van der Waals surface area contributed by atoms with Crippen molar-refractivity contribution in [2.75, 3.05) is 25.0 Å². The average molecular weight is 351 g/mol. The van der Waals surface area contributed by atoms with E-state index in [2.05, 4.69) is 10.3 Å². The third-order valence-electron chi connectivity index (χ3n) is 3.77. The lowest BCUT2D eigenvalue weighted by Crippen LogP contribution is -2.40. The van der Waals surface area contributed by atoms with Crippen LogP contribution in [0.5, 0.6) is 0 Å². The van der Waals surface area contributed by atoms with Crippen molar-refractivity contribution in [3.63, 3.8) is 0 Å². The fourth-order valence-electron chi connectivity index (χ4n) is 2.56. The predicted molar refractivity (Wildman–Crippen MR) is 81.1 cm³/mol. The minimum atomic E-state index is -4.49. The van der Waals surface area contributed by atoms with Gasteiger partial charge in [0.1, 0.15) is 5.82 Å². The van der Waals surface area contributed by atoms with E-state index in [4.69, 9.17) is 17.3 Å². The summed E-state index contributed by atoms with van der Waals surface area (Å²) < 4.78 is 37.6. The topological polar surface area (TPSA) is 71.2 Å². The zero-order valence-corrected chi connectivity index (χ0v) is 13.1. The number of halogens is 4. The summed E-state index contributed by atoms with van der Waals surface area (Å²) >= 11 is 5.79. The molecule has 0 bridgehead atoms. The summed E-state index contributed by atoms with van der Waals surface area (Å²) in [6.45, 7) is 1.37. The van der Waals surface area contributed by atoms with Gasteiger partial charge in [0.2, 0.25) is 5.91 Å². The molecule has 0 radical (unpaired) electrons. The number of nitrogens with one attached hydrogen (secondary N) is 1. The minimum Gasteiger partial charge on any atom is -0.368 e. The summed E-state index contributed by atoms with van der Waals surface area (Å²) in [5, 5.41) is 2.66. The lowest BCUT2D eigenvalue weighted by atomic mass is 10.2. The van der Waals surface area contributed by atoms with Gasteiger partial charge in [0.25, 0.3) is 0 Å². The lowest BCUT2D eigenvalue weighted by molar-refractivity contribution is -0.137. The lowest BCUT2D eigenvalue weighted by Gasteiger charge is -2.23. The van der Waals surface area contributed by atoms with Crippen LogP contribution in [0.25, 0.3) is 0 Å². The zero-order chi connectivity index (χ0) is 17.0. The Bertz CT molecular complexity index is 567. The Morgan fingerprint density at radius 1 is 1.52 bits per heavy atom. The molecule has 3 N–H and O–H groups in total. The minimum absolute atomic E-state index is 0.0338. The van der Waals surface area contributed by atoms with Gasteiger partial charge in [-0.1, -0.05) is 11.6 Å². The molecule has 23 heavy (non-hydrogen) atoms. The van der Waals surface area contributed by atoms with E-state index in [0.717, 1.165) is 18.9 Å². The SMILES string of the molecule is NC[C@H]1CCCN1C(=O)CCNc1ncc(C(F)(F)F)cc1Cl. The molecule has 128 valence electrons. The molecule has 0 spiro atoms. The Kier molecular flexibility index (Phi) is 5.69. The van der Waals surface area contributed by atoms with Gasteiger partial charge in [-0.05, 0) is 18.9 Å². The van der Waals surface area contributed by atoms with Crippen molar-refractivity contribution in [1.82, 2.24) is 9.88 Å². The molecular formula is C14H18ClF3N4O.